The van der Waals surface area contributed by atoms with Gasteiger partial charge in [-0.25, -0.2) is 4.79 Å². The first-order valence-electron chi connectivity index (χ1n) is 9.13. The molecule has 2 aliphatic rings. The molecule has 5 heteroatoms. The van der Waals surface area contributed by atoms with Crippen LogP contribution in [0.5, 0.6) is 0 Å². The van der Waals surface area contributed by atoms with Crippen molar-refractivity contribution in [1.29, 1.82) is 0 Å². The summed E-state index contributed by atoms with van der Waals surface area (Å²) in [5, 5.41) is 16.1. The monoisotopic (exact) mass is 331 g/mol. The molecule has 3 atom stereocenters. The first-order valence-corrected chi connectivity index (χ1v) is 9.13. The van der Waals surface area contributed by atoms with Gasteiger partial charge in [0.25, 0.3) is 0 Å². The number of carbonyl (C=O) groups is 1. The lowest BCUT2D eigenvalue weighted by atomic mass is 10.00. The maximum atomic E-state index is 12.0. The van der Waals surface area contributed by atoms with E-state index in [0.29, 0.717) is 19.0 Å². The standard InChI is InChI=1S/C19H29N3O2/c1-14-5-4-8-18(14)21-19(24)20-11-17(23)13-22-10-9-15-6-2-3-7-16(15)12-22/h2-3,6-7,14,17-18,23H,4-5,8-13H2,1H3,(H2,20,21,24). The molecular weight excluding hydrogens is 302 g/mol. The lowest BCUT2D eigenvalue weighted by molar-refractivity contribution is 0.105. The summed E-state index contributed by atoms with van der Waals surface area (Å²) in [7, 11) is 0. The van der Waals surface area contributed by atoms with Crippen molar-refractivity contribution < 1.29 is 9.90 Å². The van der Waals surface area contributed by atoms with E-state index in [9.17, 15) is 9.90 Å². The van der Waals surface area contributed by atoms with Gasteiger partial charge in [0.1, 0.15) is 0 Å². The third-order valence-electron chi connectivity index (χ3n) is 5.35. The van der Waals surface area contributed by atoms with Crippen LogP contribution >= 0.6 is 0 Å². The van der Waals surface area contributed by atoms with E-state index in [2.05, 4.69) is 46.7 Å². The normalized spacial score (nSPS) is 25.1. The predicted molar refractivity (Wildman–Crippen MR) is 94.8 cm³/mol. The average Bonchev–Trinajstić information content (AvgIpc) is 2.98. The molecular formula is C19H29N3O2. The minimum atomic E-state index is -0.540. The topological polar surface area (TPSA) is 64.6 Å². The molecule has 2 amide bonds. The van der Waals surface area contributed by atoms with Crippen LogP contribution in [0.25, 0.3) is 0 Å². The molecule has 1 aliphatic carbocycles. The minimum absolute atomic E-state index is 0.156. The van der Waals surface area contributed by atoms with Gasteiger partial charge < -0.3 is 15.7 Å². The highest BCUT2D eigenvalue weighted by atomic mass is 16.3. The van der Waals surface area contributed by atoms with Crippen molar-refractivity contribution in [3.63, 3.8) is 0 Å². The zero-order chi connectivity index (χ0) is 16.9. The highest BCUT2D eigenvalue weighted by Gasteiger charge is 2.25. The van der Waals surface area contributed by atoms with Gasteiger partial charge in [0.05, 0.1) is 6.10 Å². The van der Waals surface area contributed by atoms with E-state index in [1.54, 1.807) is 0 Å². The second-order valence-electron chi connectivity index (χ2n) is 7.28. The summed E-state index contributed by atoms with van der Waals surface area (Å²) in [5.41, 5.74) is 2.75. The molecule has 0 bridgehead atoms. The van der Waals surface area contributed by atoms with Gasteiger partial charge in [-0.2, -0.15) is 0 Å². The number of urea groups is 1. The van der Waals surface area contributed by atoms with E-state index >= 15 is 0 Å². The van der Waals surface area contributed by atoms with Crippen LogP contribution in [0.3, 0.4) is 0 Å². The highest BCUT2D eigenvalue weighted by molar-refractivity contribution is 5.74. The van der Waals surface area contributed by atoms with Gasteiger partial charge in [0.15, 0.2) is 0 Å². The Balaban J connectivity index is 1.38. The third kappa shape index (κ3) is 4.48. The highest BCUT2D eigenvalue weighted by Crippen LogP contribution is 2.24. The Labute approximate surface area is 144 Å². The first-order chi connectivity index (χ1) is 11.6. The number of aliphatic hydroxyl groups is 1. The summed E-state index contributed by atoms with van der Waals surface area (Å²) in [4.78, 5) is 14.2. The van der Waals surface area contributed by atoms with E-state index in [4.69, 9.17) is 0 Å². The smallest absolute Gasteiger partial charge is 0.315 e. The van der Waals surface area contributed by atoms with Gasteiger partial charge in [0, 0.05) is 32.2 Å². The number of fused-ring (bicyclic) bond motifs is 1. The van der Waals surface area contributed by atoms with Crippen LogP contribution in [-0.4, -0.2) is 47.8 Å². The summed E-state index contributed by atoms with van der Waals surface area (Å²) < 4.78 is 0. The van der Waals surface area contributed by atoms with Crippen molar-refractivity contribution in [3.8, 4) is 0 Å². The molecule has 5 nitrogen and oxygen atoms in total. The molecule has 0 radical (unpaired) electrons. The molecule has 1 aromatic rings. The van der Waals surface area contributed by atoms with Crippen molar-refractivity contribution in [2.45, 2.75) is 51.3 Å². The molecule has 0 saturated heterocycles. The number of hydrogen-bond acceptors (Lipinski definition) is 3. The fourth-order valence-electron chi connectivity index (χ4n) is 3.86. The van der Waals surface area contributed by atoms with Crippen LogP contribution in [-0.2, 0) is 13.0 Å². The molecule has 1 aromatic carbocycles. The molecule has 3 unspecified atom stereocenters. The average molecular weight is 331 g/mol. The second kappa shape index (κ2) is 7.99. The minimum Gasteiger partial charge on any atom is -0.390 e. The van der Waals surface area contributed by atoms with Crippen LogP contribution in [0.15, 0.2) is 24.3 Å². The molecule has 132 valence electrons. The molecule has 3 N–H and O–H groups in total. The fourth-order valence-corrected chi connectivity index (χ4v) is 3.86. The third-order valence-corrected chi connectivity index (χ3v) is 5.35. The van der Waals surface area contributed by atoms with Crippen molar-refractivity contribution in [3.05, 3.63) is 35.4 Å². The molecule has 24 heavy (non-hydrogen) atoms. The number of β-amino-alcohol motifs (C(OH)–C–C–N with tert-alkyl or cyclic N) is 1. The van der Waals surface area contributed by atoms with Gasteiger partial charge >= 0.3 is 6.03 Å². The van der Waals surface area contributed by atoms with E-state index in [0.717, 1.165) is 25.9 Å². The number of carbonyl (C=O) groups excluding carboxylic acids is 1. The van der Waals surface area contributed by atoms with Crippen LogP contribution in [0.4, 0.5) is 4.79 Å². The van der Waals surface area contributed by atoms with E-state index < -0.39 is 6.10 Å². The summed E-state index contributed by atoms with van der Waals surface area (Å²) in [6, 6.07) is 8.60. The van der Waals surface area contributed by atoms with Crippen molar-refractivity contribution >= 4 is 6.03 Å². The van der Waals surface area contributed by atoms with Crippen LogP contribution in [0, 0.1) is 5.92 Å². The number of amides is 2. The molecule has 0 spiro atoms. The Kier molecular flexibility index (Phi) is 5.74. The lowest BCUT2D eigenvalue weighted by Gasteiger charge is -2.30. The molecule has 1 saturated carbocycles. The number of benzene rings is 1. The maximum absolute atomic E-state index is 12.0. The number of nitrogens with zero attached hydrogens (tertiary/aromatic N) is 1. The van der Waals surface area contributed by atoms with Crippen LogP contribution in [0.2, 0.25) is 0 Å². The molecule has 1 fully saturated rings. The largest absolute Gasteiger partial charge is 0.390 e. The second-order valence-corrected chi connectivity index (χ2v) is 7.28. The Morgan fingerprint density at radius 3 is 2.88 bits per heavy atom. The van der Waals surface area contributed by atoms with Crippen LogP contribution in [0.1, 0.15) is 37.3 Å². The van der Waals surface area contributed by atoms with Gasteiger partial charge in [-0.3, -0.25) is 4.90 Å². The summed E-state index contributed by atoms with van der Waals surface area (Å²) in [6.45, 7) is 4.90. The first kappa shape index (κ1) is 17.2. The number of rotatable bonds is 5. The van der Waals surface area contributed by atoms with Crippen LogP contribution < -0.4 is 10.6 Å². The number of hydrogen-bond donors (Lipinski definition) is 3. The Morgan fingerprint density at radius 1 is 1.33 bits per heavy atom. The van der Waals surface area contributed by atoms with Gasteiger partial charge in [-0.1, -0.05) is 37.6 Å². The molecule has 0 aromatic heterocycles. The van der Waals surface area contributed by atoms with Gasteiger partial charge in [-0.05, 0) is 36.3 Å². The number of nitrogens with one attached hydrogen (secondary N) is 2. The molecule has 1 heterocycles. The van der Waals surface area contributed by atoms with Gasteiger partial charge in [0.2, 0.25) is 0 Å². The zero-order valence-corrected chi connectivity index (χ0v) is 14.5. The maximum Gasteiger partial charge on any atom is 0.315 e. The quantitative estimate of drug-likeness (QED) is 0.772. The molecule has 3 rings (SSSR count). The zero-order valence-electron chi connectivity index (χ0n) is 14.5. The van der Waals surface area contributed by atoms with E-state index in [-0.39, 0.29) is 12.1 Å². The van der Waals surface area contributed by atoms with Crippen molar-refractivity contribution in [1.82, 2.24) is 15.5 Å². The number of aliphatic hydroxyl groups excluding tert-OH is 1. The summed E-state index contributed by atoms with van der Waals surface area (Å²) in [5.74, 6) is 0.550. The SMILES string of the molecule is CC1CCCC1NC(=O)NCC(O)CN1CCc2ccccc2C1. The Bertz CT molecular complexity index is 563. The summed E-state index contributed by atoms with van der Waals surface area (Å²) in [6.07, 6.45) is 3.91. The fraction of sp³-hybridized carbons (Fsp3) is 0.632. The summed E-state index contributed by atoms with van der Waals surface area (Å²) >= 11 is 0. The van der Waals surface area contributed by atoms with Crippen molar-refractivity contribution in [2.24, 2.45) is 5.92 Å². The Morgan fingerprint density at radius 2 is 2.12 bits per heavy atom. The Hall–Kier alpha value is -1.59. The lowest BCUT2D eigenvalue weighted by Crippen LogP contribution is -2.47. The van der Waals surface area contributed by atoms with E-state index in [1.165, 1.54) is 24.0 Å². The predicted octanol–water partition coefficient (Wildman–Crippen LogP) is 1.89. The molecule has 1 aliphatic heterocycles. The van der Waals surface area contributed by atoms with E-state index in [1.807, 2.05) is 0 Å². The van der Waals surface area contributed by atoms with Gasteiger partial charge in [-0.15, -0.1) is 0 Å². The van der Waals surface area contributed by atoms with Crippen molar-refractivity contribution in [2.75, 3.05) is 19.6 Å².